The number of thiazole rings is 1. The number of aryl methyl sites for hydroxylation is 1. The van der Waals surface area contributed by atoms with E-state index >= 15 is 0 Å². The highest BCUT2D eigenvalue weighted by atomic mass is 32.1. The number of anilines is 1. The first-order valence-corrected chi connectivity index (χ1v) is 11.8. The Morgan fingerprint density at radius 3 is 2.81 bits per heavy atom. The van der Waals surface area contributed by atoms with Gasteiger partial charge in [-0.25, -0.2) is 9.97 Å². The van der Waals surface area contributed by atoms with Crippen molar-refractivity contribution in [3.05, 3.63) is 58.2 Å². The van der Waals surface area contributed by atoms with Crippen LogP contribution in [0.25, 0.3) is 11.3 Å². The van der Waals surface area contributed by atoms with E-state index in [-0.39, 0.29) is 5.91 Å². The molecule has 0 bridgehead atoms. The van der Waals surface area contributed by atoms with Crippen molar-refractivity contribution in [3.8, 4) is 11.3 Å². The molecule has 0 spiro atoms. The summed E-state index contributed by atoms with van der Waals surface area (Å²) in [6.45, 7) is 4.78. The van der Waals surface area contributed by atoms with Gasteiger partial charge in [0.1, 0.15) is 4.88 Å². The highest BCUT2D eigenvalue weighted by Crippen LogP contribution is 2.28. The first-order chi connectivity index (χ1) is 15.1. The minimum atomic E-state index is -0.0930. The van der Waals surface area contributed by atoms with Crippen LogP contribution >= 0.6 is 11.3 Å². The number of nitrogens with one attached hydrogen (secondary N) is 2. The van der Waals surface area contributed by atoms with Crippen molar-refractivity contribution in [1.29, 1.82) is 0 Å². The van der Waals surface area contributed by atoms with Gasteiger partial charge in [0.2, 0.25) is 5.95 Å². The zero-order valence-electron chi connectivity index (χ0n) is 18.1. The third kappa shape index (κ3) is 5.47. The molecule has 7 heteroatoms. The van der Waals surface area contributed by atoms with Crippen LogP contribution < -0.4 is 10.6 Å². The van der Waals surface area contributed by atoms with Crippen molar-refractivity contribution in [2.24, 2.45) is 5.92 Å². The molecule has 2 heterocycles. The van der Waals surface area contributed by atoms with Crippen molar-refractivity contribution in [3.63, 3.8) is 0 Å². The van der Waals surface area contributed by atoms with Crippen LogP contribution in [-0.4, -0.2) is 26.9 Å². The van der Waals surface area contributed by atoms with Gasteiger partial charge in [-0.3, -0.25) is 9.78 Å². The molecule has 6 nitrogen and oxygen atoms in total. The fourth-order valence-corrected chi connectivity index (χ4v) is 4.72. The SMILES string of the molecule is Cc1cc(-c2ccnc(NC(C)C3CCCCC3)n2)ccc1CNC(=O)c1cncs1. The molecule has 0 radical (unpaired) electrons. The summed E-state index contributed by atoms with van der Waals surface area (Å²) in [5.41, 5.74) is 5.81. The van der Waals surface area contributed by atoms with E-state index in [1.54, 1.807) is 11.7 Å². The topological polar surface area (TPSA) is 79.8 Å². The number of carbonyl (C=O) groups excluding carboxylic acids is 1. The maximum absolute atomic E-state index is 12.2. The van der Waals surface area contributed by atoms with Crippen molar-refractivity contribution >= 4 is 23.2 Å². The molecule has 1 aromatic carbocycles. The minimum Gasteiger partial charge on any atom is -0.351 e. The van der Waals surface area contributed by atoms with Crippen LogP contribution in [0.1, 0.15) is 59.8 Å². The van der Waals surface area contributed by atoms with Gasteiger partial charge in [-0.1, -0.05) is 31.4 Å². The van der Waals surface area contributed by atoms with Crippen LogP contribution in [0.5, 0.6) is 0 Å². The second kappa shape index (κ2) is 10.0. The quantitative estimate of drug-likeness (QED) is 0.532. The van der Waals surface area contributed by atoms with Crippen molar-refractivity contribution in [1.82, 2.24) is 20.3 Å². The Morgan fingerprint density at radius 2 is 2.06 bits per heavy atom. The van der Waals surface area contributed by atoms with Gasteiger partial charge in [-0.05, 0) is 55.9 Å². The van der Waals surface area contributed by atoms with Crippen LogP contribution in [-0.2, 0) is 6.54 Å². The third-order valence-corrected chi connectivity index (χ3v) is 6.88. The first-order valence-electron chi connectivity index (χ1n) is 11.0. The van der Waals surface area contributed by atoms with Crippen LogP contribution in [0.4, 0.5) is 5.95 Å². The summed E-state index contributed by atoms with van der Waals surface area (Å²) in [5.74, 6) is 1.29. The second-order valence-electron chi connectivity index (χ2n) is 8.29. The van der Waals surface area contributed by atoms with Gasteiger partial charge in [0.05, 0.1) is 17.4 Å². The summed E-state index contributed by atoms with van der Waals surface area (Å²) in [6, 6.07) is 8.54. The predicted octanol–water partition coefficient (Wildman–Crippen LogP) is 5.22. The van der Waals surface area contributed by atoms with Crippen LogP contribution in [0.3, 0.4) is 0 Å². The van der Waals surface area contributed by atoms with E-state index in [9.17, 15) is 4.79 Å². The van der Waals surface area contributed by atoms with Crippen molar-refractivity contribution in [2.45, 2.75) is 58.5 Å². The number of carbonyl (C=O) groups is 1. The van der Waals surface area contributed by atoms with E-state index < -0.39 is 0 Å². The van der Waals surface area contributed by atoms with Crippen LogP contribution in [0, 0.1) is 12.8 Å². The predicted molar refractivity (Wildman–Crippen MR) is 125 cm³/mol. The fraction of sp³-hybridized carbons (Fsp3) is 0.417. The largest absolute Gasteiger partial charge is 0.351 e. The number of benzene rings is 1. The Morgan fingerprint density at radius 1 is 1.23 bits per heavy atom. The lowest BCUT2D eigenvalue weighted by Gasteiger charge is -2.28. The number of rotatable bonds is 7. The molecule has 1 saturated carbocycles. The van der Waals surface area contributed by atoms with E-state index in [4.69, 9.17) is 4.98 Å². The Bertz CT molecular complexity index is 1010. The number of hydrogen-bond donors (Lipinski definition) is 2. The number of aromatic nitrogens is 3. The molecule has 2 N–H and O–H groups in total. The molecule has 3 aromatic rings. The van der Waals surface area contributed by atoms with Crippen molar-refractivity contribution in [2.75, 3.05) is 5.32 Å². The standard InChI is InChI=1S/C24H29N5OS/c1-16-12-19(8-9-20(16)13-27-23(30)22-14-25-15-31-22)21-10-11-26-24(29-21)28-17(2)18-6-4-3-5-7-18/h8-12,14-15,17-18H,3-7,13H2,1-2H3,(H,27,30)(H,26,28,29). The molecule has 1 atom stereocenters. The summed E-state index contributed by atoms with van der Waals surface area (Å²) < 4.78 is 0. The molecule has 4 rings (SSSR count). The zero-order chi connectivity index (χ0) is 21.6. The Balaban J connectivity index is 1.41. The maximum atomic E-state index is 12.2. The van der Waals surface area contributed by atoms with Gasteiger partial charge in [-0.15, -0.1) is 11.3 Å². The van der Waals surface area contributed by atoms with E-state index in [2.05, 4.69) is 52.6 Å². The van der Waals surface area contributed by atoms with Gasteiger partial charge in [-0.2, -0.15) is 0 Å². The first kappa shape index (κ1) is 21.4. The molecule has 1 aliphatic rings. The number of hydrogen-bond acceptors (Lipinski definition) is 6. The lowest BCUT2D eigenvalue weighted by atomic mass is 9.85. The molecule has 0 saturated heterocycles. The fourth-order valence-electron chi connectivity index (χ4n) is 4.19. The molecule has 1 amide bonds. The molecule has 2 aromatic heterocycles. The molecule has 0 aliphatic heterocycles. The normalized spacial score (nSPS) is 15.4. The van der Waals surface area contributed by atoms with Gasteiger partial charge in [0.15, 0.2) is 0 Å². The molecule has 162 valence electrons. The number of nitrogens with zero attached hydrogens (tertiary/aromatic N) is 3. The van der Waals surface area contributed by atoms with Crippen molar-refractivity contribution < 1.29 is 4.79 Å². The van der Waals surface area contributed by atoms with Crippen LogP contribution in [0.2, 0.25) is 0 Å². The Kier molecular flexibility index (Phi) is 6.92. The van der Waals surface area contributed by atoms with Crippen LogP contribution in [0.15, 0.2) is 42.2 Å². The molecule has 1 fully saturated rings. The third-order valence-electron chi connectivity index (χ3n) is 6.10. The highest BCUT2D eigenvalue weighted by Gasteiger charge is 2.20. The molecule has 1 aliphatic carbocycles. The molecular formula is C24H29N5OS. The summed E-state index contributed by atoms with van der Waals surface area (Å²) in [7, 11) is 0. The number of amides is 1. The van der Waals surface area contributed by atoms with Gasteiger partial charge in [0.25, 0.3) is 5.91 Å². The highest BCUT2D eigenvalue weighted by molar-refractivity contribution is 7.11. The van der Waals surface area contributed by atoms with E-state index in [0.717, 1.165) is 22.4 Å². The smallest absolute Gasteiger partial charge is 0.263 e. The van der Waals surface area contributed by atoms with E-state index in [1.807, 2.05) is 12.3 Å². The summed E-state index contributed by atoms with van der Waals surface area (Å²) in [5, 5.41) is 6.48. The van der Waals surface area contributed by atoms with Gasteiger partial charge >= 0.3 is 0 Å². The Hall–Kier alpha value is -2.80. The maximum Gasteiger partial charge on any atom is 0.263 e. The van der Waals surface area contributed by atoms with E-state index in [0.29, 0.717) is 29.3 Å². The average Bonchev–Trinajstić information content (AvgIpc) is 3.34. The lowest BCUT2D eigenvalue weighted by Crippen LogP contribution is -2.28. The Labute approximate surface area is 187 Å². The summed E-state index contributed by atoms with van der Waals surface area (Å²) in [6.07, 6.45) is 9.99. The van der Waals surface area contributed by atoms with Gasteiger partial charge < -0.3 is 10.6 Å². The molecule has 1 unspecified atom stereocenters. The van der Waals surface area contributed by atoms with E-state index in [1.165, 1.54) is 43.4 Å². The molecule has 31 heavy (non-hydrogen) atoms. The summed E-state index contributed by atoms with van der Waals surface area (Å²) in [4.78, 5) is 25.9. The average molecular weight is 436 g/mol. The second-order valence-corrected chi connectivity index (χ2v) is 9.17. The summed E-state index contributed by atoms with van der Waals surface area (Å²) >= 11 is 1.34. The van der Waals surface area contributed by atoms with Gasteiger partial charge in [0, 0.05) is 24.3 Å². The monoisotopic (exact) mass is 435 g/mol. The molecular weight excluding hydrogens is 406 g/mol. The zero-order valence-corrected chi connectivity index (χ0v) is 18.9. The minimum absolute atomic E-state index is 0.0930. The lowest BCUT2D eigenvalue weighted by molar-refractivity contribution is 0.0954.